The zero-order chi connectivity index (χ0) is 14.5. The van der Waals surface area contributed by atoms with E-state index in [-0.39, 0.29) is 18.2 Å². The van der Waals surface area contributed by atoms with E-state index in [1.807, 2.05) is 31.2 Å². The first-order valence-electron chi connectivity index (χ1n) is 6.44. The van der Waals surface area contributed by atoms with Crippen molar-refractivity contribution in [2.45, 2.75) is 25.8 Å². The van der Waals surface area contributed by atoms with Crippen molar-refractivity contribution in [3.05, 3.63) is 41.5 Å². The molecule has 0 aromatic heterocycles. The van der Waals surface area contributed by atoms with Crippen LogP contribution in [0.15, 0.2) is 30.3 Å². The number of rotatable bonds is 3. The van der Waals surface area contributed by atoms with E-state index in [1.54, 1.807) is 6.08 Å². The minimum absolute atomic E-state index is 0.248. The Kier molecular flexibility index (Phi) is 4.30. The minimum Gasteiger partial charge on any atom is -0.341 e. The number of aryl methyl sites for hydroxylation is 1. The van der Waals surface area contributed by atoms with Gasteiger partial charge in [-0.05, 0) is 30.5 Å². The van der Waals surface area contributed by atoms with Crippen molar-refractivity contribution in [1.29, 1.82) is 0 Å². The predicted molar refractivity (Wildman–Crippen MR) is 74.5 cm³/mol. The van der Waals surface area contributed by atoms with Gasteiger partial charge in [-0.3, -0.25) is 19.7 Å². The average molecular weight is 272 g/mol. The lowest BCUT2D eigenvalue weighted by Gasteiger charge is -2.20. The molecule has 0 spiro atoms. The minimum atomic E-state index is -0.637. The second kappa shape index (κ2) is 6.14. The molecule has 1 aliphatic heterocycles. The van der Waals surface area contributed by atoms with Crippen molar-refractivity contribution in [2.75, 3.05) is 0 Å². The van der Waals surface area contributed by atoms with Crippen molar-refractivity contribution in [3.63, 3.8) is 0 Å². The third-order valence-corrected chi connectivity index (χ3v) is 3.16. The molecule has 3 amide bonds. The normalized spacial score (nSPS) is 18.9. The summed E-state index contributed by atoms with van der Waals surface area (Å²) in [5.41, 5.74) is 2.02. The van der Waals surface area contributed by atoms with Crippen LogP contribution in [0.4, 0.5) is 0 Å². The summed E-state index contributed by atoms with van der Waals surface area (Å²) in [6.45, 7) is 1.96. The van der Waals surface area contributed by atoms with E-state index in [9.17, 15) is 14.4 Å². The fourth-order valence-corrected chi connectivity index (χ4v) is 1.99. The molecule has 2 rings (SSSR count). The number of carbonyl (C=O) groups is 3. The molecular formula is C15H16N2O3. The molecule has 1 saturated heterocycles. The highest BCUT2D eigenvalue weighted by molar-refractivity contribution is 6.03. The van der Waals surface area contributed by atoms with Crippen LogP contribution in [0.25, 0.3) is 6.08 Å². The smallest absolute Gasteiger partial charge is 0.249 e. The first kappa shape index (κ1) is 14.0. The molecular weight excluding hydrogens is 256 g/mol. The number of imide groups is 1. The molecule has 1 fully saturated rings. The number of hydrogen-bond donors (Lipinski definition) is 2. The molecule has 20 heavy (non-hydrogen) atoms. The van der Waals surface area contributed by atoms with Crippen molar-refractivity contribution in [2.24, 2.45) is 0 Å². The molecule has 1 atom stereocenters. The van der Waals surface area contributed by atoms with Crippen molar-refractivity contribution >= 4 is 23.8 Å². The molecule has 5 heteroatoms. The van der Waals surface area contributed by atoms with Crippen LogP contribution in [-0.4, -0.2) is 23.8 Å². The van der Waals surface area contributed by atoms with Crippen LogP contribution in [0.1, 0.15) is 24.0 Å². The highest BCUT2D eigenvalue weighted by Gasteiger charge is 2.27. The largest absolute Gasteiger partial charge is 0.341 e. The van der Waals surface area contributed by atoms with Gasteiger partial charge in [0.05, 0.1) is 0 Å². The molecule has 0 radical (unpaired) electrons. The summed E-state index contributed by atoms with van der Waals surface area (Å²) in [7, 11) is 0. The van der Waals surface area contributed by atoms with Gasteiger partial charge in [0.1, 0.15) is 6.04 Å². The van der Waals surface area contributed by atoms with Crippen LogP contribution in [0.5, 0.6) is 0 Å². The van der Waals surface area contributed by atoms with Crippen LogP contribution in [0.2, 0.25) is 0 Å². The maximum atomic E-state index is 11.8. The predicted octanol–water partition coefficient (Wildman–Crippen LogP) is 0.930. The fourth-order valence-electron chi connectivity index (χ4n) is 1.99. The Labute approximate surface area is 117 Å². The van der Waals surface area contributed by atoms with Gasteiger partial charge in [0.2, 0.25) is 17.7 Å². The Bertz CT molecular complexity index is 578. The molecule has 1 aromatic carbocycles. The number of carbonyl (C=O) groups excluding carboxylic acids is 3. The lowest BCUT2D eigenvalue weighted by atomic mass is 10.1. The topological polar surface area (TPSA) is 75.3 Å². The number of hydrogen-bond acceptors (Lipinski definition) is 3. The molecule has 1 aliphatic rings. The Morgan fingerprint density at radius 2 is 2.10 bits per heavy atom. The van der Waals surface area contributed by atoms with Gasteiger partial charge >= 0.3 is 0 Å². The number of amides is 3. The summed E-state index contributed by atoms with van der Waals surface area (Å²) >= 11 is 0. The molecule has 0 saturated carbocycles. The van der Waals surface area contributed by atoms with Crippen molar-refractivity contribution in [3.8, 4) is 0 Å². The first-order chi connectivity index (χ1) is 9.56. The third kappa shape index (κ3) is 3.54. The van der Waals surface area contributed by atoms with Gasteiger partial charge in [-0.15, -0.1) is 0 Å². The van der Waals surface area contributed by atoms with E-state index in [4.69, 9.17) is 0 Å². The number of piperidine rings is 1. The van der Waals surface area contributed by atoms with Gasteiger partial charge in [0, 0.05) is 12.5 Å². The van der Waals surface area contributed by atoms with E-state index >= 15 is 0 Å². The molecule has 0 aliphatic carbocycles. The van der Waals surface area contributed by atoms with Gasteiger partial charge in [0.15, 0.2) is 0 Å². The van der Waals surface area contributed by atoms with Gasteiger partial charge < -0.3 is 5.32 Å². The lowest BCUT2D eigenvalue weighted by molar-refractivity contribution is -0.136. The number of nitrogens with one attached hydrogen (secondary N) is 2. The quantitative estimate of drug-likeness (QED) is 0.635. The van der Waals surface area contributed by atoms with Gasteiger partial charge in [-0.25, -0.2) is 0 Å². The molecule has 1 heterocycles. The van der Waals surface area contributed by atoms with Crippen molar-refractivity contribution < 1.29 is 14.4 Å². The maximum absolute atomic E-state index is 11.8. The Balaban J connectivity index is 1.94. The zero-order valence-corrected chi connectivity index (χ0v) is 11.2. The summed E-state index contributed by atoms with van der Waals surface area (Å²) in [6, 6.07) is 7.05. The SMILES string of the molecule is Cc1ccccc1C=CC(=O)NC1CCC(=O)NC1=O. The maximum Gasteiger partial charge on any atom is 0.249 e. The number of benzene rings is 1. The van der Waals surface area contributed by atoms with Crippen LogP contribution in [0.3, 0.4) is 0 Å². The van der Waals surface area contributed by atoms with E-state index < -0.39 is 11.9 Å². The Morgan fingerprint density at radius 3 is 2.80 bits per heavy atom. The second-order valence-electron chi connectivity index (χ2n) is 4.70. The summed E-state index contributed by atoms with van der Waals surface area (Å²) in [4.78, 5) is 34.3. The van der Waals surface area contributed by atoms with Crippen LogP contribution in [0, 0.1) is 6.92 Å². The summed E-state index contributed by atoms with van der Waals surface area (Å²) < 4.78 is 0. The van der Waals surface area contributed by atoms with Gasteiger partial charge in [0.25, 0.3) is 0 Å². The monoisotopic (exact) mass is 272 g/mol. The Morgan fingerprint density at radius 1 is 1.35 bits per heavy atom. The van der Waals surface area contributed by atoms with E-state index in [1.165, 1.54) is 6.08 Å². The second-order valence-corrected chi connectivity index (χ2v) is 4.70. The van der Waals surface area contributed by atoms with E-state index in [0.717, 1.165) is 11.1 Å². The molecule has 2 N–H and O–H groups in total. The molecule has 5 nitrogen and oxygen atoms in total. The average Bonchev–Trinajstić information content (AvgIpc) is 2.41. The van der Waals surface area contributed by atoms with Crippen LogP contribution >= 0.6 is 0 Å². The van der Waals surface area contributed by atoms with Gasteiger partial charge in [-0.1, -0.05) is 24.3 Å². The van der Waals surface area contributed by atoms with Crippen LogP contribution in [-0.2, 0) is 14.4 Å². The molecule has 1 unspecified atom stereocenters. The summed E-state index contributed by atoms with van der Waals surface area (Å²) in [6.07, 6.45) is 3.69. The van der Waals surface area contributed by atoms with Crippen LogP contribution < -0.4 is 10.6 Å². The third-order valence-electron chi connectivity index (χ3n) is 3.16. The summed E-state index contributed by atoms with van der Waals surface area (Å²) in [5.74, 6) is -1.09. The molecule has 0 bridgehead atoms. The van der Waals surface area contributed by atoms with Gasteiger partial charge in [-0.2, -0.15) is 0 Å². The Hall–Kier alpha value is -2.43. The van der Waals surface area contributed by atoms with Crippen molar-refractivity contribution in [1.82, 2.24) is 10.6 Å². The summed E-state index contributed by atoms with van der Waals surface area (Å²) in [5, 5.41) is 4.79. The molecule has 1 aromatic rings. The fraction of sp³-hybridized carbons (Fsp3) is 0.267. The van der Waals surface area contributed by atoms with E-state index in [0.29, 0.717) is 6.42 Å². The highest BCUT2D eigenvalue weighted by Crippen LogP contribution is 2.09. The first-order valence-corrected chi connectivity index (χ1v) is 6.44. The standard InChI is InChI=1S/C15H16N2O3/c1-10-4-2-3-5-11(10)6-8-13(18)16-12-7-9-14(19)17-15(12)20/h2-6,8,12H,7,9H2,1H3,(H,16,18)(H,17,19,20). The molecule has 104 valence electrons. The lowest BCUT2D eigenvalue weighted by Crippen LogP contribution is -2.51. The zero-order valence-electron chi connectivity index (χ0n) is 11.2. The highest BCUT2D eigenvalue weighted by atomic mass is 16.2. The van der Waals surface area contributed by atoms with E-state index in [2.05, 4.69) is 10.6 Å².